The Hall–Kier alpha value is -4.79. The van der Waals surface area contributed by atoms with E-state index in [2.05, 4.69) is 58.6 Å². The highest BCUT2D eigenvalue weighted by Gasteiger charge is 2.25. The third kappa shape index (κ3) is 17.8. The Morgan fingerprint density at radius 3 is 0.867 bits per heavy atom. The van der Waals surface area contributed by atoms with E-state index in [0.717, 1.165) is 33.4 Å². The van der Waals surface area contributed by atoms with Crippen LogP contribution in [0.1, 0.15) is 144 Å². The number of quaternary nitrogens is 1. The summed E-state index contributed by atoms with van der Waals surface area (Å²) < 4.78 is 1.42. The molecule has 0 aliphatic heterocycles. The number of carbonyl (C=O) groups excluding carboxylic acids is 3. The first-order chi connectivity index (χ1) is 27.1. The average Bonchev–Trinajstić information content (AvgIpc) is 3.23. The predicted molar refractivity (Wildman–Crippen MR) is 237 cm³/mol. The van der Waals surface area contributed by atoms with Gasteiger partial charge in [-0.1, -0.05) is 53.4 Å². The van der Waals surface area contributed by atoms with E-state index in [9.17, 15) is 14.4 Å². The van der Waals surface area contributed by atoms with Crippen LogP contribution in [-0.2, 0) is 19.6 Å². The Bertz CT molecular complexity index is 1560. The maximum absolute atomic E-state index is 12.8. The number of rotatable bonds is 21. The van der Waals surface area contributed by atoms with E-state index >= 15 is 0 Å². The lowest BCUT2D eigenvalue weighted by atomic mass is 9.87. The van der Waals surface area contributed by atoms with Crippen molar-refractivity contribution in [2.24, 2.45) is 0 Å². The van der Waals surface area contributed by atoms with Gasteiger partial charge >= 0.3 is 0 Å². The number of unbranched alkanes of at least 4 members (excludes halogenated alkanes) is 4. The van der Waals surface area contributed by atoms with Crippen molar-refractivity contribution in [3.63, 3.8) is 0 Å². The molecule has 1 aromatic carbocycles. The largest absolute Gasteiger partial charge is 1.00 e. The van der Waals surface area contributed by atoms with E-state index in [0.29, 0.717) is 16.7 Å². The highest BCUT2D eigenvalue weighted by Crippen LogP contribution is 2.28. The molecule has 334 valence electrons. The fraction of sp³-hybridized carbons (Fsp3) is 0.478. The number of benzene rings is 1. The van der Waals surface area contributed by atoms with Gasteiger partial charge in [-0.2, -0.15) is 0 Å². The van der Waals surface area contributed by atoms with E-state index < -0.39 is 0 Å². The number of hydrogen-bond donors (Lipinski definition) is 3. The van der Waals surface area contributed by atoms with Gasteiger partial charge in [-0.25, -0.2) is 0 Å². The summed E-state index contributed by atoms with van der Waals surface area (Å²) in [5.74, 6) is -0.634. The molecule has 0 aliphatic carbocycles. The van der Waals surface area contributed by atoms with Crippen LogP contribution in [0, 0.1) is 20.8 Å². The maximum atomic E-state index is 12.8. The van der Waals surface area contributed by atoms with E-state index in [1.807, 2.05) is 20.8 Å². The Kier molecular flexibility index (Phi) is 29.7. The van der Waals surface area contributed by atoms with Gasteiger partial charge in [0.15, 0.2) is 0 Å². The van der Waals surface area contributed by atoms with Crippen LogP contribution in [0.15, 0.2) is 73.6 Å². The molecule has 0 spiro atoms. The van der Waals surface area contributed by atoms with Crippen molar-refractivity contribution < 1.29 is 47.7 Å². The molecule has 0 saturated heterocycles. The van der Waals surface area contributed by atoms with E-state index in [1.54, 1.807) is 73.6 Å². The van der Waals surface area contributed by atoms with Gasteiger partial charge in [0.2, 0.25) is 0 Å². The summed E-state index contributed by atoms with van der Waals surface area (Å²) in [4.78, 5) is 50.2. The lowest BCUT2D eigenvalue weighted by Gasteiger charge is -2.39. The van der Waals surface area contributed by atoms with Crippen molar-refractivity contribution >= 4 is 17.7 Å². The lowest BCUT2D eigenvalue weighted by molar-refractivity contribution is -0.929. The smallest absolute Gasteiger partial charge is 0.251 e. The highest BCUT2D eigenvalue weighted by atomic mass is 35.5. The number of pyridine rings is 3. The first kappa shape index (κ1) is 57.3. The summed E-state index contributed by atoms with van der Waals surface area (Å²) in [6.45, 7) is 21.8. The molecule has 4 aromatic rings. The SMILES string of the molecule is CCCC[N+](CCCC)(CCCC)CCCC.Cc1c(CNC(=O)c2ccncc2)c(C)c(CNC(=O)c2ccncc2)c(C)c1CNC(=O)c1ccncc1.O.O.O.[Cl-]. The lowest BCUT2D eigenvalue weighted by Crippen LogP contribution is -3.00. The van der Waals surface area contributed by atoms with Gasteiger partial charge < -0.3 is 49.3 Å². The molecule has 0 bridgehead atoms. The molecule has 3 heterocycles. The van der Waals surface area contributed by atoms with Crippen molar-refractivity contribution in [1.29, 1.82) is 0 Å². The summed E-state index contributed by atoms with van der Waals surface area (Å²) in [7, 11) is 0. The zero-order valence-electron chi connectivity index (χ0n) is 36.9. The predicted octanol–water partition coefficient (Wildman–Crippen LogP) is 3.12. The van der Waals surface area contributed by atoms with Crippen LogP contribution < -0.4 is 28.4 Å². The molecule has 0 aliphatic rings. The minimum absolute atomic E-state index is 0. The second-order valence-corrected chi connectivity index (χ2v) is 14.7. The molecule has 60 heavy (non-hydrogen) atoms. The van der Waals surface area contributed by atoms with E-state index in [-0.39, 0.29) is 66.2 Å². The number of halogens is 1. The molecule has 9 N–H and O–H groups in total. The van der Waals surface area contributed by atoms with Gasteiger partial charge in [0, 0.05) is 73.5 Å². The fourth-order valence-corrected chi connectivity index (χ4v) is 7.15. The van der Waals surface area contributed by atoms with Crippen molar-refractivity contribution in [1.82, 2.24) is 30.9 Å². The highest BCUT2D eigenvalue weighted by molar-refractivity contribution is 5.95. The first-order valence-corrected chi connectivity index (χ1v) is 20.6. The number of aromatic nitrogens is 3. The van der Waals surface area contributed by atoms with Crippen molar-refractivity contribution in [3.8, 4) is 0 Å². The second kappa shape index (κ2) is 31.1. The first-order valence-electron chi connectivity index (χ1n) is 20.6. The topological polar surface area (TPSA) is 220 Å². The molecular formula is C46H72ClN7O6. The molecule has 3 aromatic heterocycles. The van der Waals surface area contributed by atoms with Gasteiger partial charge in [0.1, 0.15) is 0 Å². The van der Waals surface area contributed by atoms with Crippen molar-refractivity contribution in [2.45, 2.75) is 119 Å². The summed E-state index contributed by atoms with van der Waals surface area (Å²) in [5.41, 5.74) is 7.27. The summed E-state index contributed by atoms with van der Waals surface area (Å²) in [6.07, 6.45) is 20.5. The Balaban J connectivity index is 0. The minimum Gasteiger partial charge on any atom is -1.00 e. The van der Waals surface area contributed by atoms with Gasteiger partial charge in [0.25, 0.3) is 17.7 Å². The van der Waals surface area contributed by atoms with Gasteiger partial charge in [-0.15, -0.1) is 0 Å². The molecule has 14 heteroatoms. The normalized spacial score (nSPS) is 10.2. The van der Waals surface area contributed by atoms with Crippen LogP contribution in [0.3, 0.4) is 0 Å². The minimum atomic E-state index is -0.211. The maximum Gasteiger partial charge on any atom is 0.251 e. The van der Waals surface area contributed by atoms with Crippen LogP contribution >= 0.6 is 0 Å². The van der Waals surface area contributed by atoms with Gasteiger partial charge in [-0.3, -0.25) is 29.3 Å². The number of nitrogens with zero attached hydrogens (tertiary/aromatic N) is 4. The molecule has 0 fully saturated rings. The standard InChI is InChI=1S/C30H30N6O3.C16H36N.ClH.3H2O/c1-19-25(16-34-28(37)22-4-10-31-11-5-22)20(2)27(18-36-30(39)24-8-14-33-15-9-24)21(3)26(19)17-35-29(38)23-6-12-32-13-7-23;1-5-9-13-17(14-10-6-2,15-11-7-3)16-12-8-4;;;;/h4-15H,16-18H2,1-3H3,(H,34,37)(H,35,38)(H,36,39);5-16H2,1-4H3;1H;3*1H2/q;+1;;;;/p-1. The molecule has 13 nitrogen and oxygen atoms in total. The number of hydrogen-bond acceptors (Lipinski definition) is 6. The third-order valence-electron chi connectivity index (χ3n) is 10.8. The van der Waals surface area contributed by atoms with Crippen LogP contribution in [0.4, 0.5) is 0 Å². The fourth-order valence-electron chi connectivity index (χ4n) is 7.15. The number of nitrogens with one attached hydrogen (secondary N) is 3. The van der Waals surface area contributed by atoms with E-state index in [1.165, 1.54) is 82.0 Å². The summed E-state index contributed by atoms with van der Waals surface area (Å²) >= 11 is 0. The second-order valence-electron chi connectivity index (χ2n) is 14.7. The Morgan fingerprint density at radius 2 is 0.667 bits per heavy atom. The van der Waals surface area contributed by atoms with E-state index in [4.69, 9.17) is 0 Å². The van der Waals surface area contributed by atoms with Crippen LogP contribution in [-0.4, -0.2) is 79.8 Å². The molecule has 0 radical (unpaired) electrons. The molecular weight excluding hydrogens is 782 g/mol. The zero-order chi connectivity index (χ0) is 40.8. The molecule has 0 atom stereocenters. The Morgan fingerprint density at radius 1 is 0.450 bits per heavy atom. The van der Waals surface area contributed by atoms with Crippen LogP contribution in [0.2, 0.25) is 0 Å². The molecule has 3 amide bonds. The zero-order valence-corrected chi connectivity index (χ0v) is 37.7. The van der Waals surface area contributed by atoms with Gasteiger partial charge in [-0.05, 0) is 116 Å². The average molecular weight is 855 g/mol. The number of amides is 3. The van der Waals surface area contributed by atoms with Gasteiger partial charge in [0.05, 0.1) is 26.2 Å². The summed E-state index contributed by atoms with van der Waals surface area (Å²) in [6, 6.07) is 9.94. The van der Waals surface area contributed by atoms with Crippen molar-refractivity contribution in [3.05, 3.63) is 124 Å². The molecule has 4 rings (SSSR count). The Labute approximate surface area is 364 Å². The molecule has 0 unspecified atom stereocenters. The monoisotopic (exact) mass is 854 g/mol. The third-order valence-corrected chi connectivity index (χ3v) is 10.8. The molecule has 0 saturated carbocycles. The van der Waals surface area contributed by atoms with Crippen LogP contribution in [0.5, 0.6) is 0 Å². The van der Waals surface area contributed by atoms with Crippen LogP contribution in [0.25, 0.3) is 0 Å². The van der Waals surface area contributed by atoms with Crippen molar-refractivity contribution in [2.75, 3.05) is 26.2 Å². The quantitative estimate of drug-likeness (QED) is 0.107. The number of carbonyl (C=O) groups is 3. The summed E-state index contributed by atoms with van der Waals surface area (Å²) in [5, 5.41) is 8.99.